The first-order valence-electron chi connectivity index (χ1n) is 1.15. The molecule has 3 heteroatoms. The summed E-state index contributed by atoms with van der Waals surface area (Å²) in [4.78, 5) is 0. The van der Waals surface area contributed by atoms with Gasteiger partial charge in [-0.1, -0.05) is 0 Å². The zero-order valence-electron chi connectivity index (χ0n) is 3.47. The van der Waals surface area contributed by atoms with Crippen LogP contribution < -0.4 is 0 Å². The zero-order chi connectivity index (χ0) is 2.71. The van der Waals surface area contributed by atoms with E-state index >= 15 is 0 Å². The fraction of sp³-hybridized carbons (Fsp3) is 1.00. The summed E-state index contributed by atoms with van der Waals surface area (Å²) < 4.78 is 0. The van der Waals surface area contributed by atoms with Crippen molar-refractivity contribution in [2.75, 3.05) is 0 Å². The van der Waals surface area contributed by atoms with Gasteiger partial charge in [-0.3, -0.25) is 0 Å². The minimum absolute atomic E-state index is 0. The average molecular weight is 123 g/mol. The summed E-state index contributed by atoms with van der Waals surface area (Å²) in [6, 6.07) is 0. The molecule has 0 bridgehead atoms. The molecule has 0 saturated carbocycles. The van der Waals surface area contributed by atoms with Crippen LogP contribution in [0.5, 0.6) is 0 Å². The topological polar surface area (TPSA) is 0 Å². The molecule has 0 aliphatic heterocycles. The van der Waals surface area contributed by atoms with Crippen LogP contribution >= 0.6 is 0 Å². The third-order valence-electron chi connectivity index (χ3n) is 0. The Morgan fingerprint density at radius 2 is 1.00 bits per heavy atom. The zero-order valence-corrected chi connectivity index (χ0v) is 6.42. The average Bonchev–Trinajstić information content (AvgIpc) is 0.918. The molecular formula is C2H8AlS2-. The normalized spacial score (nSPS) is 2.00. The smallest absolute Gasteiger partial charge is 0.813 e. The second kappa shape index (κ2) is 18.8. The molecule has 0 aliphatic rings. The van der Waals surface area contributed by atoms with Crippen LogP contribution in [0.25, 0.3) is 0 Å². The molecule has 0 heterocycles. The van der Waals surface area contributed by atoms with Gasteiger partial charge in [-0.05, 0) is 0 Å². The van der Waals surface area contributed by atoms with Crippen LogP contribution in [0.1, 0.15) is 0 Å². The molecule has 0 nitrogen and oxygen atoms in total. The van der Waals surface area contributed by atoms with Gasteiger partial charge in [0.05, 0.1) is 0 Å². The van der Waals surface area contributed by atoms with E-state index in [1.165, 1.54) is 0 Å². The van der Waals surface area contributed by atoms with Gasteiger partial charge in [-0.15, -0.1) is 0 Å². The van der Waals surface area contributed by atoms with Crippen molar-refractivity contribution >= 4 is 42.2 Å². The summed E-state index contributed by atoms with van der Waals surface area (Å²) >= 11 is 0.750. The van der Waals surface area contributed by atoms with Gasteiger partial charge in [0, 0.05) is 0 Å². The third kappa shape index (κ3) is 36.0. The summed E-state index contributed by atoms with van der Waals surface area (Å²) in [6.07, 6.45) is 0. The molecule has 32 valence electrons. The van der Waals surface area contributed by atoms with Crippen molar-refractivity contribution in [3.05, 3.63) is 0 Å². The van der Waals surface area contributed by atoms with Crippen LogP contribution in [-0.2, 0) is 27.0 Å². The molecular weight excluding hydrogens is 115 g/mol. The van der Waals surface area contributed by atoms with Gasteiger partial charge in [-0.2, -0.15) is 0 Å². The maximum Gasteiger partial charge on any atom is -0.813 e. The van der Waals surface area contributed by atoms with Gasteiger partial charge in [-0.25, -0.2) is 0 Å². The molecule has 0 atom stereocenters. The summed E-state index contributed by atoms with van der Waals surface area (Å²) in [5.41, 5.74) is 0. The quantitative estimate of drug-likeness (QED) is 0.257. The Kier molecular flexibility index (Phi) is 61.4. The first-order valence-corrected chi connectivity index (χ1v) is 3.46. The van der Waals surface area contributed by atoms with Gasteiger partial charge in [0.1, 0.15) is 0 Å². The monoisotopic (exact) mass is 123 g/mol. The van der Waals surface area contributed by atoms with E-state index in [0.717, 1.165) is 15.2 Å². The fourth-order valence-electron chi connectivity index (χ4n) is 0. The minimum atomic E-state index is 0. The molecule has 0 aromatic heterocycles. The van der Waals surface area contributed by atoms with E-state index in [1.54, 1.807) is 0 Å². The van der Waals surface area contributed by atoms with E-state index < -0.39 is 0 Å². The number of hydrogen-bond donors (Lipinski definition) is 0. The Morgan fingerprint density at radius 3 is 1.00 bits per heavy atom. The van der Waals surface area contributed by atoms with Gasteiger partial charge in [0.25, 0.3) is 0 Å². The molecule has 0 unspecified atom stereocenters. The van der Waals surface area contributed by atoms with Crippen molar-refractivity contribution in [1.29, 1.82) is 0 Å². The molecule has 0 aromatic carbocycles. The summed E-state index contributed by atoms with van der Waals surface area (Å²) in [5, 5.41) is 0. The molecule has 0 N–H and O–H groups in total. The second-order valence-corrected chi connectivity index (χ2v) is 1.73. The van der Waals surface area contributed by atoms with Crippen LogP contribution in [0.15, 0.2) is 0 Å². The number of rotatable bonds is 0. The summed E-state index contributed by atoms with van der Waals surface area (Å²) in [7, 11) is 0. The Balaban J connectivity index is -0.0000000200. The van der Waals surface area contributed by atoms with Crippen molar-refractivity contribution in [2.24, 2.45) is 0 Å². The molecule has 0 radical (unpaired) electrons. The number of hydrogen-bond acceptors (Lipinski definition) is 2. The van der Waals surface area contributed by atoms with Crippen molar-refractivity contribution in [3.8, 4) is 0 Å². The van der Waals surface area contributed by atoms with E-state index in [-0.39, 0.29) is 27.0 Å². The van der Waals surface area contributed by atoms with E-state index in [1.807, 2.05) is 0 Å². The Bertz CT molecular complexity index is 7.61. The molecule has 5 heavy (non-hydrogen) atoms. The first-order chi connectivity index (χ1) is 1.41. The predicted octanol–water partition coefficient (Wildman–Crippen LogP) is 0.247. The summed E-state index contributed by atoms with van der Waals surface area (Å²) in [5.74, 6) is 4.42. The van der Waals surface area contributed by atoms with Crippen LogP contribution in [0.2, 0.25) is 11.6 Å². The SMILES string of the molecule is [CH3][Al+][CH3].[SH-].[SH-]. The predicted molar refractivity (Wildman–Crippen MR) is 35.0 cm³/mol. The van der Waals surface area contributed by atoms with E-state index in [2.05, 4.69) is 11.6 Å². The number of thiol groups is 2. The van der Waals surface area contributed by atoms with Gasteiger partial charge >= 0.3 is 26.8 Å². The minimum Gasteiger partial charge on any atom is -0.813 e. The second-order valence-electron chi connectivity index (χ2n) is 0.577. The molecule has 0 fully saturated rings. The molecule has 0 aromatic rings. The van der Waals surface area contributed by atoms with E-state index in [9.17, 15) is 0 Å². The molecule has 0 spiro atoms. The van der Waals surface area contributed by atoms with Crippen molar-refractivity contribution in [1.82, 2.24) is 0 Å². The van der Waals surface area contributed by atoms with Crippen LogP contribution in [0, 0.1) is 0 Å². The maximum atomic E-state index is 2.21. The Hall–Kier alpha value is 1.23. The first kappa shape index (κ1) is 16.3. The molecule has 0 amide bonds. The van der Waals surface area contributed by atoms with Gasteiger partial charge in [0.2, 0.25) is 0 Å². The van der Waals surface area contributed by atoms with Crippen LogP contribution in [0.3, 0.4) is 0 Å². The fourth-order valence-corrected chi connectivity index (χ4v) is 0. The molecule has 0 aliphatic carbocycles. The van der Waals surface area contributed by atoms with Crippen molar-refractivity contribution in [2.45, 2.75) is 11.6 Å². The third-order valence-corrected chi connectivity index (χ3v) is 0. The Labute approximate surface area is 53.9 Å². The summed E-state index contributed by atoms with van der Waals surface area (Å²) in [6.45, 7) is 0. The van der Waals surface area contributed by atoms with Crippen molar-refractivity contribution < 1.29 is 0 Å². The van der Waals surface area contributed by atoms with Crippen LogP contribution in [-0.4, -0.2) is 15.2 Å². The van der Waals surface area contributed by atoms with E-state index in [4.69, 9.17) is 0 Å². The van der Waals surface area contributed by atoms with Crippen LogP contribution in [0.4, 0.5) is 0 Å². The molecule has 0 rings (SSSR count). The maximum absolute atomic E-state index is 2.21. The van der Waals surface area contributed by atoms with E-state index in [0.29, 0.717) is 0 Å². The Morgan fingerprint density at radius 1 is 1.00 bits per heavy atom. The standard InChI is InChI=1S/2CH3.Al.2H2S/h2*1H3;;2*1H2/q;;+1;;/p-2. The van der Waals surface area contributed by atoms with Gasteiger partial charge < -0.3 is 27.0 Å². The molecule has 0 saturated heterocycles. The van der Waals surface area contributed by atoms with Crippen molar-refractivity contribution in [3.63, 3.8) is 0 Å². The van der Waals surface area contributed by atoms with Gasteiger partial charge in [0.15, 0.2) is 0 Å². The largest absolute Gasteiger partial charge is 0.813 e.